The molecule has 1 unspecified atom stereocenters. The van der Waals surface area contributed by atoms with E-state index in [9.17, 15) is 14.0 Å². The molecule has 1 saturated heterocycles. The number of fused-ring (bicyclic) bond motifs is 1. The normalized spacial score (nSPS) is 17.0. The minimum absolute atomic E-state index is 0.126. The van der Waals surface area contributed by atoms with Gasteiger partial charge in [-0.25, -0.2) is 4.39 Å². The van der Waals surface area contributed by atoms with Gasteiger partial charge in [0.25, 0.3) is 5.91 Å². The van der Waals surface area contributed by atoms with Gasteiger partial charge in [-0.2, -0.15) is 0 Å². The van der Waals surface area contributed by atoms with E-state index in [0.717, 1.165) is 10.9 Å². The quantitative estimate of drug-likeness (QED) is 0.757. The molecule has 2 aromatic carbocycles. The SMILES string of the molecule is CCC1C(=O)NCCN1C(=O)c1cc2ccccc2n1Cc1ccccc1F. The summed E-state index contributed by atoms with van der Waals surface area (Å²) in [7, 11) is 0. The lowest BCUT2D eigenvalue weighted by atomic mass is 10.1. The first-order valence-electron chi connectivity index (χ1n) is 9.50. The van der Waals surface area contributed by atoms with Crippen LogP contribution in [-0.2, 0) is 11.3 Å². The van der Waals surface area contributed by atoms with E-state index in [1.54, 1.807) is 23.1 Å². The van der Waals surface area contributed by atoms with Crippen molar-refractivity contribution in [1.82, 2.24) is 14.8 Å². The van der Waals surface area contributed by atoms with Crippen LogP contribution in [0.4, 0.5) is 4.39 Å². The third-order valence-electron chi connectivity index (χ3n) is 5.29. The molecule has 0 bridgehead atoms. The second-order valence-corrected chi connectivity index (χ2v) is 6.98. The van der Waals surface area contributed by atoms with Crippen molar-refractivity contribution in [3.63, 3.8) is 0 Å². The zero-order chi connectivity index (χ0) is 19.7. The number of amides is 2. The zero-order valence-electron chi connectivity index (χ0n) is 15.7. The number of benzene rings is 2. The molecule has 0 saturated carbocycles. The molecule has 144 valence electrons. The molecule has 1 aliphatic heterocycles. The number of hydrogen-bond acceptors (Lipinski definition) is 2. The van der Waals surface area contributed by atoms with E-state index in [1.165, 1.54) is 6.07 Å². The lowest BCUT2D eigenvalue weighted by Crippen LogP contribution is -2.57. The predicted octanol–water partition coefficient (Wildman–Crippen LogP) is 3.18. The van der Waals surface area contributed by atoms with Crippen LogP contribution in [0.3, 0.4) is 0 Å². The first kappa shape index (κ1) is 18.2. The average molecular weight is 379 g/mol. The number of carbonyl (C=O) groups is 2. The van der Waals surface area contributed by atoms with Crippen molar-refractivity contribution in [1.29, 1.82) is 0 Å². The van der Waals surface area contributed by atoms with Crippen molar-refractivity contribution in [2.45, 2.75) is 25.9 Å². The number of aromatic nitrogens is 1. The molecule has 6 heteroatoms. The van der Waals surface area contributed by atoms with Gasteiger partial charge in [0.1, 0.15) is 17.6 Å². The van der Waals surface area contributed by atoms with Gasteiger partial charge in [-0.05, 0) is 24.6 Å². The Balaban J connectivity index is 1.79. The Kier molecular flexibility index (Phi) is 4.86. The van der Waals surface area contributed by atoms with Gasteiger partial charge in [-0.1, -0.05) is 43.3 Å². The van der Waals surface area contributed by atoms with Gasteiger partial charge in [-0.15, -0.1) is 0 Å². The molecule has 0 radical (unpaired) electrons. The summed E-state index contributed by atoms with van der Waals surface area (Å²) in [5.74, 6) is -0.629. The largest absolute Gasteiger partial charge is 0.353 e. The van der Waals surface area contributed by atoms with Gasteiger partial charge >= 0.3 is 0 Å². The van der Waals surface area contributed by atoms with Crippen molar-refractivity contribution in [3.8, 4) is 0 Å². The number of nitrogens with zero attached hydrogens (tertiary/aromatic N) is 2. The lowest BCUT2D eigenvalue weighted by Gasteiger charge is -2.34. The van der Waals surface area contributed by atoms with Crippen molar-refractivity contribution in [2.75, 3.05) is 13.1 Å². The topological polar surface area (TPSA) is 54.3 Å². The predicted molar refractivity (Wildman–Crippen MR) is 106 cm³/mol. The molecule has 1 aromatic heterocycles. The molecule has 1 atom stereocenters. The van der Waals surface area contributed by atoms with E-state index in [2.05, 4.69) is 5.32 Å². The van der Waals surface area contributed by atoms with Crippen molar-refractivity contribution >= 4 is 22.7 Å². The molecule has 3 aromatic rings. The van der Waals surface area contributed by atoms with E-state index in [-0.39, 0.29) is 24.2 Å². The number of para-hydroxylation sites is 1. The smallest absolute Gasteiger partial charge is 0.271 e. The number of halogens is 1. The zero-order valence-corrected chi connectivity index (χ0v) is 15.7. The number of carbonyl (C=O) groups excluding carboxylic acids is 2. The first-order chi connectivity index (χ1) is 13.6. The summed E-state index contributed by atoms with van der Waals surface area (Å²) in [6.45, 7) is 3.04. The molecule has 0 aliphatic carbocycles. The maximum absolute atomic E-state index is 14.3. The van der Waals surface area contributed by atoms with Crippen molar-refractivity contribution < 1.29 is 14.0 Å². The van der Waals surface area contributed by atoms with Crippen LogP contribution in [0.2, 0.25) is 0 Å². The number of nitrogens with one attached hydrogen (secondary N) is 1. The van der Waals surface area contributed by atoms with Gasteiger partial charge in [0.2, 0.25) is 5.91 Å². The number of hydrogen-bond donors (Lipinski definition) is 1. The monoisotopic (exact) mass is 379 g/mol. The Morgan fingerprint density at radius 2 is 1.93 bits per heavy atom. The number of piperazine rings is 1. The van der Waals surface area contributed by atoms with Crippen LogP contribution in [0.15, 0.2) is 54.6 Å². The first-order valence-corrected chi connectivity index (χ1v) is 9.50. The molecule has 4 rings (SSSR count). The highest BCUT2D eigenvalue weighted by atomic mass is 19.1. The summed E-state index contributed by atoms with van der Waals surface area (Å²) in [6.07, 6.45) is 0.547. The van der Waals surface area contributed by atoms with Crippen LogP contribution in [0.25, 0.3) is 10.9 Å². The summed E-state index contributed by atoms with van der Waals surface area (Å²) in [4.78, 5) is 27.2. The Morgan fingerprint density at radius 1 is 1.18 bits per heavy atom. The fourth-order valence-electron chi connectivity index (χ4n) is 3.87. The van der Waals surface area contributed by atoms with Crippen LogP contribution in [0.1, 0.15) is 29.4 Å². The van der Waals surface area contributed by atoms with E-state index < -0.39 is 6.04 Å². The summed E-state index contributed by atoms with van der Waals surface area (Å²) in [5.41, 5.74) is 1.85. The molecule has 1 fully saturated rings. The van der Waals surface area contributed by atoms with E-state index in [1.807, 2.05) is 41.8 Å². The van der Waals surface area contributed by atoms with E-state index >= 15 is 0 Å². The van der Waals surface area contributed by atoms with Crippen LogP contribution < -0.4 is 5.32 Å². The molecular weight excluding hydrogens is 357 g/mol. The standard InChI is InChI=1S/C22H22FN3O2/c1-2-18-21(27)24-11-12-25(18)22(28)20-13-15-7-4-6-10-19(15)26(20)14-16-8-3-5-9-17(16)23/h3-10,13,18H,2,11-12,14H2,1H3,(H,24,27). The van der Waals surface area contributed by atoms with Crippen molar-refractivity contribution in [3.05, 3.63) is 71.7 Å². The molecule has 1 N–H and O–H groups in total. The Morgan fingerprint density at radius 3 is 2.71 bits per heavy atom. The summed E-state index contributed by atoms with van der Waals surface area (Å²) >= 11 is 0. The Bertz CT molecular complexity index is 1040. The van der Waals surface area contributed by atoms with Crippen LogP contribution >= 0.6 is 0 Å². The van der Waals surface area contributed by atoms with Gasteiger partial charge in [0.15, 0.2) is 0 Å². The molecular formula is C22H22FN3O2. The molecule has 2 amide bonds. The van der Waals surface area contributed by atoms with Gasteiger partial charge in [-0.3, -0.25) is 9.59 Å². The van der Waals surface area contributed by atoms with Gasteiger partial charge < -0.3 is 14.8 Å². The average Bonchev–Trinajstić information content (AvgIpc) is 3.07. The summed E-state index contributed by atoms with van der Waals surface area (Å²) < 4.78 is 16.1. The minimum atomic E-state index is -0.485. The van der Waals surface area contributed by atoms with E-state index in [0.29, 0.717) is 30.8 Å². The van der Waals surface area contributed by atoms with Gasteiger partial charge in [0, 0.05) is 29.6 Å². The molecule has 28 heavy (non-hydrogen) atoms. The maximum atomic E-state index is 14.3. The lowest BCUT2D eigenvalue weighted by molar-refractivity contribution is -0.127. The molecule has 1 aliphatic rings. The fourth-order valence-corrected chi connectivity index (χ4v) is 3.87. The Hall–Kier alpha value is -3.15. The highest BCUT2D eigenvalue weighted by molar-refractivity contribution is 6.01. The molecule has 2 heterocycles. The minimum Gasteiger partial charge on any atom is -0.353 e. The maximum Gasteiger partial charge on any atom is 0.271 e. The van der Waals surface area contributed by atoms with E-state index in [4.69, 9.17) is 0 Å². The van der Waals surface area contributed by atoms with Crippen LogP contribution in [0, 0.1) is 5.82 Å². The highest BCUT2D eigenvalue weighted by Crippen LogP contribution is 2.24. The van der Waals surface area contributed by atoms with Gasteiger partial charge in [0.05, 0.1) is 6.54 Å². The second kappa shape index (κ2) is 7.46. The van der Waals surface area contributed by atoms with Crippen LogP contribution in [-0.4, -0.2) is 40.4 Å². The Labute approximate surface area is 162 Å². The third-order valence-corrected chi connectivity index (χ3v) is 5.29. The van der Waals surface area contributed by atoms with Crippen LogP contribution in [0.5, 0.6) is 0 Å². The second-order valence-electron chi connectivity index (χ2n) is 6.98. The summed E-state index contributed by atoms with van der Waals surface area (Å²) in [6, 6.07) is 15.6. The summed E-state index contributed by atoms with van der Waals surface area (Å²) in [5, 5.41) is 3.73. The fraction of sp³-hybridized carbons (Fsp3) is 0.273. The van der Waals surface area contributed by atoms with Crippen molar-refractivity contribution in [2.24, 2.45) is 0 Å². The number of rotatable bonds is 4. The molecule has 5 nitrogen and oxygen atoms in total. The highest BCUT2D eigenvalue weighted by Gasteiger charge is 2.33. The third kappa shape index (κ3) is 3.15. The molecule has 0 spiro atoms.